The number of carbonyl (C=O) groups excluding carboxylic acids is 3. The van der Waals surface area contributed by atoms with Gasteiger partial charge in [-0.1, -0.05) is 68.5 Å². The summed E-state index contributed by atoms with van der Waals surface area (Å²) >= 11 is 5.92. The smallest absolute Gasteiger partial charge is 0.306 e. The molecule has 0 fully saturated rings. The third kappa shape index (κ3) is 9.93. The van der Waals surface area contributed by atoms with Crippen molar-refractivity contribution in [3.05, 3.63) is 64.7 Å². The van der Waals surface area contributed by atoms with Gasteiger partial charge >= 0.3 is 5.97 Å². The van der Waals surface area contributed by atoms with E-state index in [1.54, 1.807) is 31.2 Å². The maximum absolute atomic E-state index is 13.3. The zero-order chi connectivity index (χ0) is 27.3. The first-order valence-electron chi connectivity index (χ1n) is 12.8. The van der Waals surface area contributed by atoms with Gasteiger partial charge in [0.1, 0.15) is 0 Å². The van der Waals surface area contributed by atoms with Gasteiger partial charge in [-0.15, -0.1) is 0 Å². The number of benzene rings is 2. The molecular formula is C28H36ClNO6S. The predicted octanol–water partition coefficient (Wildman–Crippen LogP) is 5.99. The normalized spacial score (nSPS) is 11.2. The van der Waals surface area contributed by atoms with Crippen LogP contribution in [0.4, 0.5) is 0 Å². The van der Waals surface area contributed by atoms with Crippen molar-refractivity contribution in [1.29, 1.82) is 0 Å². The van der Waals surface area contributed by atoms with E-state index in [1.165, 1.54) is 24.3 Å². The molecule has 1 amide bonds. The maximum Gasteiger partial charge on any atom is 0.306 e. The minimum absolute atomic E-state index is 0.0128. The zero-order valence-electron chi connectivity index (χ0n) is 21.6. The van der Waals surface area contributed by atoms with Crippen LogP contribution in [0.15, 0.2) is 53.4 Å². The van der Waals surface area contributed by atoms with Gasteiger partial charge in [0, 0.05) is 30.0 Å². The number of rotatable bonds is 16. The average molecular weight is 550 g/mol. The van der Waals surface area contributed by atoms with E-state index in [0.717, 1.165) is 35.6 Å². The fraction of sp³-hybridized carbons (Fsp3) is 0.464. The maximum atomic E-state index is 13.3. The highest BCUT2D eigenvalue weighted by atomic mass is 35.5. The number of nitrogens with zero attached hydrogens (tertiary/aromatic N) is 1. The SMILES string of the molecule is CCCCCCCC(=O)N(CCc1ccc(C(=O)CCC(=O)OCC)cc1)S(=O)(=O)c1ccc(Cl)cc1. The lowest BCUT2D eigenvalue weighted by molar-refractivity contribution is -0.143. The van der Waals surface area contributed by atoms with E-state index in [0.29, 0.717) is 23.4 Å². The molecule has 0 aromatic heterocycles. The molecule has 0 bridgehead atoms. The Labute approximate surface area is 225 Å². The standard InChI is InChI=1S/C28H36ClNO6S/c1-3-5-6-7-8-9-27(32)30(37(34,35)25-16-14-24(29)15-17-25)21-20-22-10-12-23(13-11-22)26(31)18-19-28(33)36-4-2/h10-17H,3-9,18-21H2,1-2H3. The van der Waals surface area contributed by atoms with Crippen LogP contribution in [0.1, 0.15) is 81.1 Å². The van der Waals surface area contributed by atoms with E-state index < -0.39 is 21.9 Å². The van der Waals surface area contributed by atoms with Crippen LogP contribution in [-0.2, 0) is 30.8 Å². The van der Waals surface area contributed by atoms with Crippen molar-refractivity contribution >= 4 is 39.3 Å². The van der Waals surface area contributed by atoms with E-state index in [9.17, 15) is 22.8 Å². The van der Waals surface area contributed by atoms with E-state index in [2.05, 4.69) is 6.92 Å². The quantitative estimate of drug-likeness (QED) is 0.145. The second-order valence-electron chi connectivity index (χ2n) is 8.76. The number of esters is 1. The third-order valence-corrected chi connectivity index (χ3v) is 8.00. The lowest BCUT2D eigenvalue weighted by Gasteiger charge is -2.23. The molecule has 0 aliphatic heterocycles. The minimum atomic E-state index is -4.05. The molecule has 0 aliphatic rings. The molecule has 202 valence electrons. The first-order valence-corrected chi connectivity index (χ1v) is 14.6. The lowest BCUT2D eigenvalue weighted by Crippen LogP contribution is -2.38. The van der Waals surface area contributed by atoms with Gasteiger partial charge in [0.2, 0.25) is 5.91 Å². The number of hydrogen-bond donors (Lipinski definition) is 0. The van der Waals surface area contributed by atoms with Gasteiger partial charge in [-0.3, -0.25) is 14.4 Å². The van der Waals surface area contributed by atoms with Crippen molar-refractivity contribution in [2.75, 3.05) is 13.2 Å². The Morgan fingerprint density at radius 1 is 0.838 bits per heavy atom. The van der Waals surface area contributed by atoms with Crippen molar-refractivity contribution in [3.8, 4) is 0 Å². The third-order valence-electron chi connectivity index (χ3n) is 5.91. The Morgan fingerprint density at radius 2 is 1.49 bits per heavy atom. The molecule has 37 heavy (non-hydrogen) atoms. The second-order valence-corrected chi connectivity index (χ2v) is 11.1. The molecule has 2 rings (SSSR count). The van der Waals surface area contributed by atoms with E-state index in [1.807, 2.05) is 0 Å². The van der Waals surface area contributed by atoms with E-state index >= 15 is 0 Å². The van der Waals surface area contributed by atoms with Crippen molar-refractivity contribution in [2.45, 2.75) is 76.5 Å². The summed E-state index contributed by atoms with van der Waals surface area (Å²) in [4.78, 5) is 36.9. The zero-order valence-corrected chi connectivity index (χ0v) is 23.2. The Morgan fingerprint density at radius 3 is 2.11 bits per heavy atom. The number of amides is 1. The molecule has 2 aromatic carbocycles. The largest absolute Gasteiger partial charge is 0.466 e. The van der Waals surface area contributed by atoms with Gasteiger partial charge in [0.15, 0.2) is 5.78 Å². The number of carbonyl (C=O) groups is 3. The van der Waals surface area contributed by atoms with E-state index in [-0.39, 0.29) is 43.1 Å². The summed E-state index contributed by atoms with van der Waals surface area (Å²) in [6.07, 6.45) is 5.22. The number of halogens is 1. The van der Waals surface area contributed by atoms with Gasteiger partial charge in [0.05, 0.1) is 17.9 Å². The number of ether oxygens (including phenoxy) is 1. The van der Waals surface area contributed by atoms with Crippen LogP contribution in [0.5, 0.6) is 0 Å². The summed E-state index contributed by atoms with van der Waals surface area (Å²) < 4.78 is 32.5. The van der Waals surface area contributed by atoms with Crippen molar-refractivity contribution in [3.63, 3.8) is 0 Å². The Bertz CT molecular complexity index is 1130. The van der Waals surface area contributed by atoms with Gasteiger partial charge < -0.3 is 4.74 Å². The van der Waals surface area contributed by atoms with Crippen LogP contribution >= 0.6 is 11.6 Å². The highest BCUT2D eigenvalue weighted by molar-refractivity contribution is 7.89. The summed E-state index contributed by atoms with van der Waals surface area (Å²) in [6.45, 7) is 4.07. The number of Topliss-reactive ketones (excluding diaryl/α,β-unsaturated/α-hetero) is 1. The fourth-order valence-electron chi connectivity index (χ4n) is 3.80. The van der Waals surface area contributed by atoms with Gasteiger partial charge in [0.25, 0.3) is 10.0 Å². The highest BCUT2D eigenvalue weighted by Gasteiger charge is 2.28. The van der Waals surface area contributed by atoms with Crippen LogP contribution in [-0.4, -0.2) is 43.5 Å². The Kier molecular flexibility index (Phi) is 12.8. The Balaban J connectivity index is 2.09. The predicted molar refractivity (Wildman–Crippen MR) is 144 cm³/mol. The second kappa shape index (κ2) is 15.5. The minimum Gasteiger partial charge on any atom is -0.466 e. The summed E-state index contributed by atoms with van der Waals surface area (Å²) in [5.41, 5.74) is 1.25. The molecule has 0 unspecified atom stereocenters. The summed E-state index contributed by atoms with van der Waals surface area (Å²) in [6, 6.07) is 12.5. The molecule has 0 saturated heterocycles. The molecule has 0 N–H and O–H groups in total. The molecule has 0 aliphatic carbocycles. The molecule has 0 radical (unpaired) electrons. The van der Waals surface area contributed by atoms with Crippen LogP contribution in [0.25, 0.3) is 0 Å². The van der Waals surface area contributed by atoms with Crippen molar-refractivity contribution < 1.29 is 27.5 Å². The summed E-state index contributed by atoms with van der Waals surface area (Å²) in [5.74, 6) is -1.02. The van der Waals surface area contributed by atoms with E-state index in [4.69, 9.17) is 16.3 Å². The molecule has 0 heterocycles. The van der Waals surface area contributed by atoms with Crippen molar-refractivity contribution in [1.82, 2.24) is 4.31 Å². The van der Waals surface area contributed by atoms with Crippen molar-refractivity contribution in [2.24, 2.45) is 0 Å². The number of hydrogen-bond acceptors (Lipinski definition) is 6. The Hall–Kier alpha value is -2.71. The van der Waals surface area contributed by atoms with Gasteiger partial charge in [-0.05, 0) is 49.6 Å². The molecule has 2 aromatic rings. The molecule has 9 heteroatoms. The first kappa shape index (κ1) is 30.5. The molecule has 0 saturated carbocycles. The molecule has 0 atom stereocenters. The monoisotopic (exact) mass is 549 g/mol. The molecular weight excluding hydrogens is 514 g/mol. The van der Waals surface area contributed by atoms with Crippen LogP contribution in [0.2, 0.25) is 5.02 Å². The summed E-state index contributed by atoms with van der Waals surface area (Å²) in [7, 11) is -4.05. The summed E-state index contributed by atoms with van der Waals surface area (Å²) in [5, 5.41) is 0.407. The number of unbranched alkanes of at least 4 members (excludes halogenated alkanes) is 4. The number of ketones is 1. The van der Waals surface area contributed by atoms with Gasteiger partial charge in [-0.2, -0.15) is 0 Å². The lowest BCUT2D eigenvalue weighted by atomic mass is 10.0. The molecule has 7 nitrogen and oxygen atoms in total. The molecule has 0 spiro atoms. The highest BCUT2D eigenvalue weighted by Crippen LogP contribution is 2.21. The van der Waals surface area contributed by atoms with Crippen LogP contribution in [0.3, 0.4) is 0 Å². The van der Waals surface area contributed by atoms with Gasteiger partial charge in [-0.25, -0.2) is 12.7 Å². The van der Waals surface area contributed by atoms with Crippen LogP contribution < -0.4 is 0 Å². The fourth-order valence-corrected chi connectivity index (χ4v) is 5.35. The number of sulfonamides is 1. The average Bonchev–Trinajstić information content (AvgIpc) is 2.88. The first-order chi connectivity index (χ1) is 17.7. The van der Waals surface area contributed by atoms with Crippen LogP contribution in [0, 0.1) is 0 Å². The topological polar surface area (TPSA) is 97.8 Å².